The minimum absolute atomic E-state index is 0.104. The van der Waals surface area contributed by atoms with E-state index in [9.17, 15) is 16.8 Å². The molecule has 0 aliphatic carbocycles. The monoisotopic (exact) mass is 440 g/mol. The van der Waals surface area contributed by atoms with Crippen molar-refractivity contribution in [2.45, 2.75) is 44.9 Å². The highest BCUT2D eigenvalue weighted by atomic mass is 32.2. The zero-order chi connectivity index (χ0) is 22.2. The minimum atomic E-state index is -3.88. The molecule has 0 heterocycles. The molecule has 0 bridgehead atoms. The molecule has 0 unspecified atom stereocenters. The molecule has 160 valence electrons. The molecule has 0 saturated heterocycles. The Bertz CT molecular complexity index is 1110. The molecule has 0 amide bonds. The predicted molar refractivity (Wildman–Crippen MR) is 117 cm³/mol. The lowest BCUT2D eigenvalue weighted by Crippen LogP contribution is -2.18. The molecule has 2 rings (SSSR count). The highest BCUT2D eigenvalue weighted by molar-refractivity contribution is 7.93. The number of hydrogen-bond acceptors (Lipinski definition) is 5. The van der Waals surface area contributed by atoms with E-state index < -0.39 is 20.0 Å². The summed E-state index contributed by atoms with van der Waals surface area (Å²) in [6, 6.07) is 8.15. The Labute approximate surface area is 173 Å². The van der Waals surface area contributed by atoms with Crippen molar-refractivity contribution in [1.82, 2.24) is 0 Å². The highest BCUT2D eigenvalue weighted by Gasteiger charge is 2.24. The van der Waals surface area contributed by atoms with E-state index in [4.69, 9.17) is 4.74 Å². The van der Waals surface area contributed by atoms with Crippen molar-refractivity contribution in [3.8, 4) is 5.75 Å². The molecule has 0 atom stereocenters. The van der Waals surface area contributed by atoms with Gasteiger partial charge in [0.15, 0.2) is 0 Å². The van der Waals surface area contributed by atoms with Gasteiger partial charge in [0, 0.05) is 0 Å². The molecule has 0 aliphatic heterocycles. The third kappa shape index (κ3) is 5.63. The Kier molecular flexibility index (Phi) is 6.25. The van der Waals surface area contributed by atoms with Crippen LogP contribution >= 0.6 is 0 Å². The molecule has 0 saturated carbocycles. The molecule has 9 heteroatoms. The fraction of sp³-hybridized carbons (Fsp3) is 0.400. The van der Waals surface area contributed by atoms with Crippen LogP contribution in [0.2, 0.25) is 0 Å². The van der Waals surface area contributed by atoms with Crippen LogP contribution in [-0.2, 0) is 25.5 Å². The summed E-state index contributed by atoms with van der Waals surface area (Å²) >= 11 is 0. The lowest BCUT2D eigenvalue weighted by atomic mass is 9.85. The molecule has 2 aromatic rings. The van der Waals surface area contributed by atoms with E-state index in [0.717, 1.165) is 11.8 Å². The molecule has 0 radical (unpaired) electrons. The van der Waals surface area contributed by atoms with E-state index in [-0.39, 0.29) is 27.4 Å². The summed E-state index contributed by atoms with van der Waals surface area (Å²) in [5.41, 5.74) is 2.60. The molecule has 0 fully saturated rings. The number of aryl methyl sites for hydroxylation is 2. The number of hydrogen-bond donors (Lipinski definition) is 2. The molecule has 7 nitrogen and oxygen atoms in total. The zero-order valence-electron chi connectivity index (χ0n) is 17.7. The second kappa shape index (κ2) is 7.87. The summed E-state index contributed by atoms with van der Waals surface area (Å²) in [5.74, 6) is 0.278. The number of methoxy groups -OCH3 is 1. The second-order valence-electron chi connectivity index (χ2n) is 8.08. The number of anilines is 2. The second-order valence-corrected chi connectivity index (χ2v) is 11.5. The van der Waals surface area contributed by atoms with Crippen LogP contribution in [0.4, 0.5) is 11.4 Å². The van der Waals surface area contributed by atoms with Crippen LogP contribution < -0.4 is 14.2 Å². The van der Waals surface area contributed by atoms with Crippen molar-refractivity contribution in [1.29, 1.82) is 0 Å². The molecule has 0 spiro atoms. The van der Waals surface area contributed by atoms with Gasteiger partial charge in [-0.15, -0.1) is 0 Å². The number of rotatable bonds is 6. The molecule has 29 heavy (non-hydrogen) atoms. The Morgan fingerprint density at radius 2 is 1.45 bits per heavy atom. The molecule has 0 aromatic heterocycles. The van der Waals surface area contributed by atoms with Crippen molar-refractivity contribution < 1.29 is 21.6 Å². The lowest BCUT2D eigenvalue weighted by Gasteiger charge is -2.22. The molecular formula is C20H28N2O5S2. The molecule has 2 N–H and O–H groups in total. The lowest BCUT2D eigenvalue weighted by molar-refractivity contribution is 0.417. The first-order valence-electron chi connectivity index (χ1n) is 8.94. The summed E-state index contributed by atoms with van der Waals surface area (Å²) in [4.78, 5) is 0.207. The van der Waals surface area contributed by atoms with Gasteiger partial charge in [0.1, 0.15) is 5.75 Å². The van der Waals surface area contributed by atoms with Gasteiger partial charge in [0.05, 0.1) is 29.6 Å². The SMILES string of the molecule is COc1ccc(NS(=O)(=O)c2c(C)cc(C(C)(C)C)cc2C)cc1NS(C)(=O)=O. The summed E-state index contributed by atoms with van der Waals surface area (Å²) in [6.45, 7) is 9.74. The van der Waals surface area contributed by atoms with E-state index in [1.54, 1.807) is 13.8 Å². The van der Waals surface area contributed by atoms with Crippen molar-refractivity contribution in [3.05, 3.63) is 47.0 Å². The number of ether oxygens (including phenoxy) is 1. The van der Waals surface area contributed by atoms with Crippen molar-refractivity contribution in [2.24, 2.45) is 0 Å². The van der Waals surface area contributed by atoms with E-state index in [1.807, 2.05) is 12.1 Å². The topological polar surface area (TPSA) is 102 Å². The smallest absolute Gasteiger partial charge is 0.262 e. The maximum Gasteiger partial charge on any atom is 0.262 e. The Balaban J connectivity index is 2.48. The van der Waals surface area contributed by atoms with Crippen LogP contribution in [-0.4, -0.2) is 30.2 Å². The van der Waals surface area contributed by atoms with Gasteiger partial charge in [-0.3, -0.25) is 9.44 Å². The van der Waals surface area contributed by atoms with E-state index >= 15 is 0 Å². The normalized spacial score (nSPS) is 12.5. The fourth-order valence-corrected chi connectivity index (χ4v) is 5.13. The van der Waals surface area contributed by atoms with Gasteiger partial charge in [-0.2, -0.15) is 0 Å². The first-order valence-corrected chi connectivity index (χ1v) is 12.3. The molecular weight excluding hydrogens is 412 g/mol. The number of benzene rings is 2. The average molecular weight is 441 g/mol. The van der Waals surface area contributed by atoms with E-state index in [0.29, 0.717) is 11.1 Å². The summed E-state index contributed by atoms with van der Waals surface area (Å²) in [7, 11) is -6.05. The quantitative estimate of drug-likeness (QED) is 0.712. The Morgan fingerprint density at radius 1 is 0.897 bits per heavy atom. The first kappa shape index (κ1) is 23.0. The van der Waals surface area contributed by atoms with Gasteiger partial charge in [-0.05, 0) is 54.2 Å². The predicted octanol–water partition coefficient (Wildman–Crippen LogP) is 3.78. The maximum absolute atomic E-state index is 13.1. The third-order valence-corrected chi connectivity index (χ3v) is 6.62. The van der Waals surface area contributed by atoms with Crippen molar-refractivity contribution in [3.63, 3.8) is 0 Å². The summed E-state index contributed by atoms with van der Waals surface area (Å²) < 4.78 is 59.3. The summed E-state index contributed by atoms with van der Waals surface area (Å²) in [6.07, 6.45) is 1.01. The van der Waals surface area contributed by atoms with Gasteiger partial charge in [-0.25, -0.2) is 16.8 Å². The van der Waals surface area contributed by atoms with Crippen LogP contribution in [0.25, 0.3) is 0 Å². The van der Waals surface area contributed by atoms with Gasteiger partial charge in [0.2, 0.25) is 10.0 Å². The molecule has 0 aliphatic rings. The highest BCUT2D eigenvalue weighted by Crippen LogP contribution is 2.32. The standard InChI is InChI=1S/C20H28N2O5S2/c1-13-10-15(20(3,4)5)11-14(2)19(13)29(25,26)21-16-8-9-18(27-6)17(12-16)22-28(7,23)24/h8-12,21-22H,1-7H3. The average Bonchev–Trinajstić information content (AvgIpc) is 2.51. The Hall–Kier alpha value is -2.26. The fourth-order valence-electron chi connectivity index (χ4n) is 3.06. The van der Waals surface area contributed by atoms with E-state index in [2.05, 4.69) is 30.2 Å². The van der Waals surface area contributed by atoms with Crippen LogP contribution in [0.5, 0.6) is 5.75 Å². The third-order valence-electron chi connectivity index (χ3n) is 4.34. The van der Waals surface area contributed by atoms with E-state index in [1.165, 1.54) is 25.3 Å². The van der Waals surface area contributed by atoms with Crippen molar-refractivity contribution >= 4 is 31.4 Å². The number of sulfonamides is 2. The largest absolute Gasteiger partial charge is 0.495 e. The molecule has 2 aromatic carbocycles. The van der Waals surface area contributed by atoms with Gasteiger partial charge in [-0.1, -0.05) is 32.9 Å². The van der Waals surface area contributed by atoms with Crippen LogP contribution in [0.15, 0.2) is 35.2 Å². The number of nitrogens with one attached hydrogen (secondary N) is 2. The zero-order valence-corrected chi connectivity index (χ0v) is 19.4. The first-order chi connectivity index (χ1) is 13.1. The minimum Gasteiger partial charge on any atom is -0.495 e. The van der Waals surface area contributed by atoms with Gasteiger partial charge < -0.3 is 4.74 Å². The van der Waals surface area contributed by atoms with Gasteiger partial charge >= 0.3 is 0 Å². The summed E-state index contributed by atoms with van der Waals surface area (Å²) in [5, 5.41) is 0. The van der Waals surface area contributed by atoms with Gasteiger partial charge in [0.25, 0.3) is 10.0 Å². The van der Waals surface area contributed by atoms with Crippen LogP contribution in [0.1, 0.15) is 37.5 Å². The van der Waals surface area contributed by atoms with Crippen LogP contribution in [0, 0.1) is 13.8 Å². The maximum atomic E-state index is 13.1. The van der Waals surface area contributed by atoms with Crippen molar-refractivity contribution in [2.75, 3.05) is 22.8 Å². The Morgan fingerprint density at radius 3 is 1.90 bits per heavy atom. The van der Waals surface area contributed by atoms with Crippen LogP contribution in [0.3, 0.4) is 0 Å².